The van der Waals surface area contributed by atoms with E-state index in [0.717, 1.165) is 47.4 Å². The lowest BCUT2D eigenvalue weighted by Crippen LogP contribution is -2.24. The largest absolute Gasteiger partial charge is 0.496 e. The highest BCUT2D eigenvalue weighted by Crippen LogP contribution is 2.36. The van der Waals surface area contributed by atoms with E-state index in [1.807, 2.05) is 6.07 Å². The van der Waals surface area contributed by atoms with Gasteiger partial charge in [0, 0.05) is 25.2 Å². The van der Waals surface area contributed by atoms with E-state index in [1.165, 1.54) is 12.8 Å². The van der Waals surface area contributed by atoms with Gasteiger partial charge in [-0.2, -0.15) is 0 Å². The first-order chi connectivity index (χ1) is 9.17. The normalized spacial score (nSPS) is 14.3. The first-order valence-electron chi connectivity index (χ1n) is 6.86. The highest BCUT2D eigenvalue weighted by atomic mass is 16.5. The summed E-state index contributed by atoms with van der Waals surface area (Å²) in [6.07, 6.45) is 2.64. The molecule has 0 aromatic heterocycles. The van der Waals surface area contributed by atoms with Crippen molar-refractivity contribution in [1.29, 1.82) is 0 Å². The van der Waals surface area contributed by atoms with E-state index in [9.17, 15) is 0 Å². The Hall–Kier alpha value is -1.42. The number of benzene rings is 1. The molecular formula is C15H24N2O2. The highest BCUT2D eigenvalue weighted by molar-refractivity contribution is 5.66. The zero-order chi connectivity index (χ0) is 13.8. The molecule has 0 heterocycles. The molecular weight excluding hydrogens is 240 g/mol. The monoisotopic (exact) mass is 264 g/mol. The molecule has 106 valence electrons. The predicted octanol–water partition coefficient (Wildman–Crippen LogP) is 2.48. The van der Waals surface area contributed by atoms with Gasteiger partial charge in [-0.1, -0.05) is 0 Å². The van der Waals surface area contributed by atoms with Crippen LogP contribution in [-0.2, 0) is 0 Å². The standard InChI is InChI=1S/C15H24N2O2/c1-10-11(2)15(19-4)13(9-14(10)18-3)17-8-7-16-12-5-6-12/h9,12,16-17H,5-8H2,1-4H3. The van der Waals surface area contributed by atoms with Gasteiger partial charge in [0.15, 0.2) is 0 Å². The Morgan fingerprint density at radius 3 is 2.42 bits per heavy atom. The third kappa shape index (κ3) is 3.32. The Bertz CT molecular complexity index is 442. The van der Waals surface area contributed by atoms with Crippen molar-refractivity contribution < 1.29 is 9.47 Å². The molecule has 0 bridgehead atoms. The Kier molecular flexibility index (Phi) is 4.53. The molecule has 2 N–H and O–H groups in total. The molecule has 0 amide bonds. The van der Waals surface area contributed by atoms with E-state index < -0.39 is 0 Å². The van der Waals surface area contributed by atoms with Crippen molar-refractivity contribution >= 4 is 5.69 Å². The first kappa shape index (κ1) is 14.0. The van der Waals surface area contributed by atoms with Crippen LogP contribution in [0.1, 0.15) is 24.0 Å². The number of anilines is 1. The van der Waals surface area contributed by atoms with Crippen LogP contribution in [0.2, 0.25) is 0 Å². The summed E-state index contributed by atoms with van der Waals surface area (Å²) < 4.78 is 10.9. The molecule has 0 atom stereocenters. The van der Waals surface area contributed by atoms with Gasteiger partial charge in [-0.25, -0.2) is 0 Å². The number of hydrogen-bond acceptors (Lipinski definition) is 4. The van der Waals surface area contributed by atoms with Gasteiger partial charge in [-0.05, 0) is 37.8 Å². The minimum atomic E-state index is 0.748. The van der Waals surface area contributed by atoms with E-state index in [1.54, 1.807) is 14.2 Å². The van der Waals surface area contributed by atoms with Crippen LogP contribution in [-0.4, -0.2) is 33.4 Å². The second kappa shape index (κ2) is 6.15. The zero-order valence-electron chi connectivity index (χ0n) is 12.3. The molecule has 1 aromatic rings. The minimum absolute atomic E-state index is 0.748. The van der Waals surface area contributed by atoms with E-state index in [0.29, 0.717) is 0 Å². The van der Waals surface area contributed by atoms with E-state index in [2.05, 4.69) is 24.5 Å². The highest BCUT2D eigenvalue weighted by Gasteiger charge is 2.19. The summed E-state index contributed by atoms with van der Waals surface area (Å²) >= 11 is 0. The van der Waals surface area contributed by atoms with Gasteiger partial charge in [-0.3, -0.25) is 0 Å². The molecule has 0 unspecified atom stereocenters. The number of hydrogen-bond donors (Lipinski definition) is 2. The molecule has 0 radical (unpaired) electrons. The molecule has 1 fully saturated rings. The van der Waals surface area contributed by atoms with Crippen LogP contribution in [0.4, 0.5) is 5.69 Å². The molecule has 4 nitrogen and oxygen atoms in total. The summed E-state index contributed by atoms with van der Waals surface area (Å²) in [5, 5.41) is 6.91. The topological polar surface area (TPSA) is 42.5 Å². The average molecular weight is 264 g/mol. The van der Waals surface area contributed by atoms with Crippen molar-refractivity contribution in [2.45, 2.75) is 32.7 Å². The van der Waals surface area contributed by atoms with Crippen LogP contribution in [0, 0.1) is 13.8 Å². The summed E-state index contributed by atoms with van der Waals surface area (Å²) in [7, 11) is 3.41. The van der Waals surface area contributed by atoms with Crippen LogP contribution in [0.3, 0.4) is 0 Å². The van der Waals surface area contributed by atoms with Crippen LogP contribution in [0.25, 0.3) is 0 Å². The van der Waals surface area contributed by atoms with Gasteiger partial charge in [0.25, 0.3) is 0 Å². The quantitative estimate of drug-likeness (QED) is 0.743. The molecule has 1 aromatic carbocycles. The van der Waals surface area contributed by atoms with E-state index >= 15 is 0 Å². The molecule has 19 heavy (non-hydrogen) atoms. The van der Waals surface area contributed by atoms with Gasteiger partial charge >= 0.3 is 0 Å². The Labute approximate surface area is 115 Å². The number of methoxy groups -OCH3 is 2. The van der Waals surface area contributed by atoms with Crippen molar-refractivity contribution in [1.82, 2.24) is 5.32 Å². The third-order valence-corrected chi connectivity index (χ3v) is 3.67. The SMILES string of the molecule is COc1cc(NCCNC2CC2)c(OC)c(C)c1C. The summed E-state index contributed by atoms with van der Waals surface area (Å²) in [6.45, 7) is 5.97. The van der Waals surface area contributed by atoms with Crippen LogP contribution >= 0.6 is 0 Å². The van der Waals surface area contributed by atoms with Crippen molar-refractivity contribution in [3.05, 3.63) is 17.2 Å². The fourth-order valence-corrected chi connectivity index (χ4v) is 2.23. The fraction of sp³-hybridized carbons (Fsp3) is 0.600. The Balaban J connectivity index is 2.05. The second-order valence-electron chi connectivity index (χ2n) is 5.06. The third-order valence-electron chi connectivity index (χ3n) is 3.67. The lowest BCUT2D eigenvalue weighted by molar-refractivity contribution is 0.399. The van der Waals surface area contributed by atoms with Crippen molar-refractivity contribution in [3.8, 4) is 11.5 Å². The lowest BCUT2D eigenvalue weighted by atomic mass is 10.1. The van der Waals surface area contributed by atoms with Gasteiger partial charge in [0.1, 0.15) is 11.5 Å². The van der Waals surface area contributed by atoms with Gasteiger partial charge < -0.3 is 20.1 Å². The zero-order valence-corrected chi connectivity index (χ0v) is 12.3. The maximum atomic E-state index is 5.51. The molecule has 0 aliphatic heterocycles. The number of ether oxygens (including phenoxy) is 2. The van der Waals surface area contributed by atoms with E-state index in [-0.39, 0.29) is 0 Å². The van der Waals surface area contributed by atoms with Crippen molar-refractivity contribution in [2.24, 2.45) is 0 Å². The summed E-state index contributed by atoms with van der Waals surface area (Å²) in [6, 6.07) is 2.76. The molecule has 4 heteroatoms. The van der Waals surface area contributed by atoms with Crippen LogP contribution < -0.4 is 20.1 Å². The van der Waals surface area contributed by atoms with E-state index in [4.69, 9.17) is 9.47 Å². The Morgan fingerprint density at radius 2 is 1.84 bits per heavy atom. The van der Waals surface area contributed by atoms with Crippen LogP contribution in [0.15, 0.2) is 6.07 Å². The molecule has 1 aliphatic rings. The number of rotatable bonds is 7. The second-order valence-corrected chi connectivity index (χ2v) is 5.06. The Morgan fingerprint density at radius 1 is 1.11 bits per heavy atom. The van der Waals surface area contributed by atoms with Gasteiger partial charge in [0.2, 0.25) is 0 Å². The summed E-state index contributed by atoms with van der Waals surface area (Å²) in [4.78, 5) is 0. The maximum absolute atomic E-state index is 5.51. The molecule has 0 spiro atoms. The van der Waals surface area contributed by atoms with Crippen molar-refractivity contribution in [3.63, 3.8) is 0 Å². The maximum Gasteiger partial charge on any atom is 0.145 e. The van der Waals surface area contributed by atoms with Gasteiger partial charge in [0.05, 0.1) is 19.9 Å². The molecule has 2 rings (SSSR count). The predicted molar refractivity (Wildman–Crippen MR) is 78.5 cm³/mol. The number of nitrogens with one attached hydrogen (secondary N) is 2. The fourth-order valence-electron chi connectivity index (χ4n) is 2.23. The van der Waals surface area contributed by atoms with Crippen LogP contribution in [0.5, 0.6) is 11.5 Å². The van der Waals surface area contributed by atoms with Gasteiger partial charge in [-0.15, -0.1) is 0 Å². The first-order valence-corrected chi connectivity index (χ1v) is 6.86. The smallest absolute Gasteiger partial charge is 0.145 e. The minimum Gasteiger partial charge on any atom is -0.496 e. The van der Waals surface area contributed by atoms with Crippen molar-refractivity contribution in [2.75, 3.05) is 32.6 Å². The lowest BCUT2D eigenvalue weighted by Gasteiger charge is -2.18. The summed E-state index contributed by atoms with van der Waals surface area (Å²) in [5.74, 6) is 1.81. The average Bonchev–Trinajstić information content (AvgIpc) is 3.22. The molecule has 1 aliphatic carbocycles. The molecule has 1 saturated carbocycles. The molecule has 0 saturated heterocycles. The summed E-state index contributed by atoms with van der Waals surface area (Å²) in [5.41, 5.74) is 3.25.